The summed E-state index contributed by atoms with van der Waals surface area (Å²) in [5, 5.41) is 13.7. The molecule has 0 fully saturated rings. The predicted molar refractivity (Wildman–Crippen MR) is 84.3 cm³/mol. The number of benzene rings is 2. The van der Waals surface area contributed by atoms with Gasteiger partial charge in [-0.25, -0.2) is 13.6 Å². The number of hydrogen-bond donors (Lipinski definition) is 2. The van der Waals surface area contributed by atoms with Gasteiger partial charge in [-0.3, -0.25) is 5.32 Å². The number of amides is 2. The molecule has 0 aliphatic rings. The fourth-order valence-corrected chi connectivity index (χ4v) is 2.52. The van der Waals surface area contributed by atoms with Gasteiger partial charge in [-0.15, -0.1) is 10.2 Å². The lowest BCUT2D eigenvalue weighted by atomic mass is 10.2. The molecule has 0 bridgehead atoms. The van der Waals surface area contributed by atoms with Crippen LogP contribution in [0.5, 0.6) is 0 Å². The summed E-state index contributed by atoms with van der Waals surface area (Å²) in [6, 6.07) is 10.7. The van der Waals surface area contributed by atoms with Gasteiger partial charge in [-0.2, -0.15) is 0 Å². The first-order valence-electron chi connectivity index (χ1n) is 6.53. The number of nitrogens with one attached hydrogen (secondary N) is 2. The molecule has 2 amide bonds. The Kier molecular flexibility index (Phi) is 4.24. The van der Waals surface area contributed by atoms with Gasteiger partial charge in [0, 0.05) is 11.3 Å². The Labute approximate surface area is 134 Å². The molecule has 3 aromatic rings. The molecule has 1 heterocycles. The number of urea groups is 1. The van der Waals surface area contributed by atoms with Crippen molar-refractivity contribution in [1.82, 2.24) is 10.2 Å². The minimum absolute atomic E-state index is 0.295. The fraction of sp³-hybridized carbons (Fsp3) is 0. The Hall–Kier alpha value is -2.87. The molecule has 2 N–H and O–H groups in total. The predicted octanol–water partition coefficient (Wildman–Crippen LogP) is 4.13. The number of aromatic nitrogens is 2. The first-order valence-corrected chi connectivity index (χ1v) is 7.35. The van der Waals surface area contributed by atoms with Gasteiger partial charge in [0.05, 0.1) is 0 Å². The highest BCUT2D eigenvalue weighted by molar-refractivity contribution is 7.18. The topological polar surface area (TPSA) is 66.9 Å². The van der Waals surface area contributed by atoms with Crippen LogP contribution in [-0.4, -0.2) is 16.2 Å². The van der Waals surface area contributed by atoms with Crippen molar-refractivity contribution < 1.29 is 13.6 Å². The van der Waals surface area contributed by atoms with Gasteiger partial charge < -0.3 is 5.32 Å². The third-order valence-corrected chi connectivity index (χ3v) is 3.73. The third-order valence-electron chi connectivity index (χ3n) is 2.84. The summed E-state index contributed by atoms with van der Waals surface area (Å²) in [5.41, 5.74) is 1.16. The monoisotopic (exact) mass is 332 g/mol. The second-order valence-electron chi connectivity index (χ2n) is 4.51. The van der Waals surface area contributed by atoms with E-state index in [0.29, 0.717) is 21.4 Å². The molecule has 0 saturated heterocycles. The number of anilines is 2. The molecule has 1 aromatic heterocycles. The zero-order valence-electron chi connectivity index (χ0n) is 11.6. The molecule has 0 radical (unpaired) electrons. The Morgan fingerprint density at radius 3 is 2.13 bits per heavy atom. The Bertz CT molecular complexity index is 818. The number of carbonyl (C=O) groups excluding carboxylic acids is 1. The molecule has 0 aliphatic carbocycles. The van der Waals surface area contributed by atoms with E-state index in [4.69, 9.17) is 0 Å². The molecule has 23 heavy (non-hydrogen) atoms. The van der Waals surface area contributed by atoms with E-state index in [1.807, 2.05) is 0 Å². The van der Waals surface area contributed by atoms with E-state index in [-0.39, 0.29) is 11.6 Å². The molecule has 0 spiro atoms. The van der Waals surface area contributed by atoms with E-state index in [1.54, 1.807) is 12.1 Å². The molecule has 0 aliphatic heterocycles. The second kappa shape index (κ2) is 6.49. The molecule has 5 nitrogen and oxygen atoms in total. The van der Waals surface area contributed by atoms with Gasteiger partial charge in [0.25, 0.3) is 0 Å². The van der Waals surface area contributed by atoms with E-state index in [2.05, 4.69) is 20.8 Å². The Balaban J connectivity index is 1.65. The maximum Gasteiger partial charge on any atom is 0.325 e. The van der Waals surface area contributed by atoms with E-state index in [0.717, 1.165) is 11.3 Å². The van der Waals surface area contributed by atoms with Crippen LogP contribution in [0.3, 0.4) is 0 Å². The molecule has 0 saturated carbocycles. The van der Waals surface area contributed by atoms with Gasteiger partial charge in [0.1, 0.15) is 16.6 Å². The number of nitrogens with zero attached hydrogens (tertiary/aromatic N) is 2. The Morgan fingerprint density at radius 1 is 0.870 bits per heavy atom. The van der Waals surface area contributed by atoms with Crippen LogP contribution in [-0.2, 0) is 0 Å². The van der Waals surface area contributed by atoms with Crippen LogP contribution in [0.2, 0.25) is 0 Å². The van der Waals surface area contributed by atoms with Crippen LogP contribution in [0.15, 0.2) is 48.5 Å². The molecule has 0 atom stereocenters. The smallest absolute Gasteiger partial charge is 0.308 e. The van der Waals surface area contributed by atoms with Crippen molar-refractivity contribution in [1.29, 1.82) is 0 Å². The number of carbonyl (C=O) groups is 1. The SMILES string of the molecule is O=C(Nc1ccc(F)cc1)Nc1nnc(-c2ccc(F)cc2)s1. The van der Waals surface area contributed by atoms with Gasteiger partial charge in [0.15, 0.2) is 0 Å². The highest BCUT2D eigenvalue weighted by Crippen LogP contribution is 2.26. The zero-order valence-corrected chi connectivity index (χ0v) is 12.4. The van der Waals surface area contributed by atoms with E-state index in [1.165, 1.54) is 36.4 Å². The molecule has 8 heteroatoms. The average molecular weight is 332 g/mol. The lowest BCUT2D eigenvalue weighted by Gasteiger charge is -2.04. The van der Waals surface area contributed by atoms with Crippen LogP contribution >= 0.6 is 11.3 Å². The molecular weight excluding hydrogens is 322 g/mol. The summed E-state index contributed by atoms with van der Waals surface area (Å²) in [5.74, 6) is -0.723. The van der Waals surface area contributed by atoms with E-state index < -0.39 is 6.03 Å². The van der Waals surface area contributed by atoms with Crippen molar-refractivity contribution in [2.75, 3.05) is 10.6 Å². The van der Waals surface area contributed by atoms with Crippen LogP contribution in [0.4, 0.5) is 24.4 Å². The van der Waals surface area contributed by atoms with Gasteiger partial charge in [-0.05, 0) is 48.5 Å². The summed E-state index contributed by atoms with van der Waals surface area (Å²) in [6.07, 6.45) is 0. The number of rotatable bonds is 3. The minimum atomic E-state index is -0.515. The molecular formula is C15H10F2N4OS. The number of halogens is 2. The normalized spacial score (nSPS) is 10.3. The van der Waals surface area contributed by atoms with Crippen molar-refractivity contribution in [3.05, 3.63) is 60.2 Å². The highest BCUT2D eigenvalue weighted by atomic mass is 32.1. The quantitative estimate of drug-likeness (QED) is 0.758. The van der Waals surface area contributed by atoms with Crippen LogP contribution in [0, 0.1) is 11.6 Å². The van der Waals surface area contributed by atoms with Crippen molar-refractivity contribution in [3.8, 4) is 10.6 Å². The lowest BCUT2D eigenvalue weighted by Crippen LogP contribution is -2.19. The van der Waals surface area contributed by atoms with Crippen molar-refractivity contribution in [3.63, 3.8) is 0 Å². The maximum atomic E-state index is 12.9. The molecule has 116 valence electrons. The Morgan fingerprint density at radius 2 is 1.48 bits per heavy atom. The fourth-order valence-electron chi connectivity index (χ4n) is 1.78. The highest BCUT2D eigenvalue weighted by Gasteiger charge is 2.10. The summed E-state index contributed by atoms with van der Waals surface area (Å²) in [4.78, 5) is 11.8. The van der Waals surface area contributed by atoms with Crippen molar-refractivity contribution in [2.45, 2.75) is 0 Å². The van der Waals surface area contributed by atoms with Gasteiger partial charge in [0.2, 0.25) is 5.13 Å². The van der Waals surface area contributed by atoms with Gasteiger partial charge in [-0.1, -0.05) is 11.3 Å². The minimum Gasteiger partial charge on any atom is -0.308 e. The first-order chi connectivity index (χ1) is 11.1. The third kappa shape index (κ3) is 3.86. The summed E-state index contributed by atoms with van der Waals surface area (Å²) >= 11 is 1.16. The van der Waals surface area contributed by atoms with Crippen LogP contribution < -0.4 is 10.6 Å². The van der Waals surface area contributed by atoms with Crippen LogP contribution in [0.25, 0.3) is 10.6 Å². The maximum absolute atomic E-state index is 12.9. The largest absolute Gasteiger partial charge is 0.325 e. The summed E-state index contributed by atoms with van der Waals surface area (Å²) < 4.78 is 25.7. The lowest BCUT2D eigenvalue weighted by molar-refractivity contribution is 0.262. The second-order valence-corrected chi connectivity index (χ2v) is 5.48. The molecule has 0 unspecified atom stereocenters. The molecule has 3 rings (SSSR count). The molecule has 2 aromatic carbocycles. The van der Waals surface area contributed by atoms with Crippen LogP contribution in [0.1, 0.15) is 0 Å². The van der Waals surface area contributed by atoms with Crippen molar-refractivity contribution >= 4 is 28.2 Å². The van der Waals surface area contributed by atoms with E-state index >= 15 is 0 Å². The van der Waals surface area contributed by atoms with Gasteiger partial charge >= 0.3 is 6.03 Å². The number of hydrogen-bond acceptors (Lipinski definition) is 4. The van der Waals surface area contributed by atoms with Crippen molar-refractivity contribution in [2.24, 2.45) is 0 Å². The average Bonchev–Trinajstić information content (AvgIpc) is 2.98. The standard InChI is InChI=1S/C15H10F2N4OS/c16-10-3-1-9(2-4-10)13-20-21-15(23-13)19-14(22)18-12-7-5-11(17)6-8-12/h1-8H,(H2,18,19,21,22). The zero-order chi connectivity index (χ0) is 16.2. The summed E-state index contributed by atoms with van der Waals surface area (Å²) in [6.45, 7) is 0. The summed E-state index contributed by atoms with van der Waals surface area (Å²) in [7, 11) is 0. The first kappa shape index (κ1) is 15.0. The van der Waals surface area contributed by atoms with E-state index in [9.17, 15) is 13.6 Å².